The number of benzene rings is 2. The second-order valence-corrected chi connectivity index (χ2v) is 7.70. The van der Waals surface area contributed by atoms with Gasteiger partial charge < -0.3 is 10.0 Å². The molecule has 0 amide bonds. The highest BCUT2D eigenvalue weighted by Gasteiger charge is 2.46. The van der Waals surface area contributed by atoms with E-state index in [9.17, 15) is 5.11 Å². The minimum atomic E-state index is -0.637. The van der Waals surface area contributed by atoms with E-state index in [0.29, 0.717) is 12.1 Å². The molecule has 2 aromatic carbocycles. The smallest absolute Gasteiger partial charge is 0.0926 e. The number of piperidine rings is 1. The van der Waals surface area contributed by atoms with Crippen molar-refractivity contribution in [2.75, 3.05) is 7.05 Å². The standard InChI is InChI=1S/C21H23NO/c1-22-17-7-8-18(22)13-21(23,12-17)16-6-9-20-15(11-16)10-14-4-2-3-5-19(14)20/h2-6,9,11,17-18,23H,7-8,10,12-13H2,1H3. The van der Waals surface area contributed by atoms with Gasteiger partial charge in [0.25, 0.3) is 0 Å². The molecule has 23 heavy (non-hydrogen) atoms. The van der Waals surface area contributed by atoms with E-state index in [-0.39, 0.29) is 0 Å². The average molecular weight is 305 g/mol. The van der Waals surface area contributed by atoms with Gasteiger partial charge in [0.1, 0.15) is 0 Å². The Balaban J connectivity index is 1.53. The number of fused-ring (bicyclic) bond motifs is 5. The van der Waals surface area contributed by atoms with Gasteiger partial charge in [-0.3, -0.25) is 0 Å². The lowest BCUT2D eigenvalue weighted by Gasteiger charge is -2.42. The van der Waals surface area contributed by atoms with Crippen molar-refractivity contribution < 1.29 is 5.11 Å². The molecule has 2 heterocycles. The van der Waals surface area contributed by atoms with Crippen LogP contribution in [-0.4, -0.2) is 29.1 Å². The molecule has 2 unspecified atom stereocenters. The molecule has 1 N–H and O–H groups in total. The van der Waals surface area contributed by atoms with Crippen molar-refractivity contribution in [2.45, 2.75) is 49.8 Å². The lowest BCUT2D eigenvalue weighted by Crippen LogP contribution is -2.47. The second kappa shape index (κ2) is 4.68. The zero-order valence-corrected chi connectivity index (χ0v) is 13.6. The molecule has 1 aliphatic carbocycles. The molecule has 2 nitrogen and oxygen atoms in total. The molecule has 0 saturated carbocycles. The summed E-state index contributed by atoms with van der Waals surface area (Å²) in [6.45, 7) is 0. The number of rotatable bonds is 1. The van der Waals surface area contributed by atoms with E-state index in [1.807, 2.05) is 0 Å². The van der Waals surface area contributed by atoms with Gasteiger partial charge in [0, 0.05) is 12.1 Å². The maximum atomic E-state index is 11.4. The van der Waals surface area contributed by atoms with Crippen molar-refractivity contribution in [3.05, 3.63) is 59.2 Å². The van der Waals surface area contributed by atoms with Crippen LogP contribution in [0.1, 0.15) is 42.4 Å². The maximum Gasteiger partial charge on any atom is 0.0926 e. The Morgan fingerprint density at radius 3 is 2.43 bits per heavy atom. The zero-order valence-electron chi connectivity index (χ0n) is 13.6. The van der Waals surface area contributed by atoms with Crippen LogP contribution >= 0.6 is 0 Å². The Hall–Kier alpha value is -1.64. The summed E-state index contributed by atoms with van der Waals surface area (Å²) in [5.74, 6) is 0. The summed E-state index contributed by atoms with van der Waals surface area (Å²) in [5.41, 5.74) is 6.00. The van der Waals surface area contributed by atoms with Gasteiger partial charge >= 0.3 is 0 Å². The molecule has 0 aromatic heterocycles. The molecule has 2 fully saturated rings. The fourth-order valence-electron chi connectivity index (χ4n) is 5.12. The lowest BCUT2D eigenvalue weighted by molar-refractivity contribution is -0.0493. The average Bonchev–Trinajstić information content (AvgIpc) is 3.02. The number of aliphatic hydroxyl groups is 1. The SMILES string of the molecule is CN1C2CCC1CC(O)(c1ccc3c(c1)Cc1ccccc1-3)C2. The zero-order chi connectivity index (χ0) is 15.6. The quantitative estimate of drug-likeness (QED) is 0.741. The Kier molecular flexibility index (Phi) is 2.80. The predicted octanol–water partition coefficient (Wildman–Crippen LogP) is 3.70. The van der Waals surface area contributed by atoms with Crippen molar-refractivity contribution in [3.63, 3.8) is 0 Å². The van der Waals surface area contributed by atoms with Gasteiger partial charge in [-0.05, 0) is 67.0 Å². The molecule has 118 valence electrons. The van der Waals surface area contributed by atoms with E-state index in [1.165, 1.54) is 35.1 Å². The minimum absolute atomic E-state index is 0.546. The highest BCUT2D eigenvalue weighted by Crippen LogP contribution is 2.46. The van der Waals surface area contributed by atoms with E-state index in [4.69, 9.17) is 0 Å². The van der Waals surface area contributed by atoms with Crippen molar-refractivity contribution in [1.82, 2.24) is 4.90 Å². The summed E-state index contributed by atoms with van der Waals surface area (Å²) in [4.78, 5) is 2.48. The Morgan fingerprint density at radius 2 is 1.65 bits per heavy atom. The molecule has 2 bridgehead atoms. The monoisotopic (exact) mass is 305 g/mol. The number of hydrogen-bond acceptors (Lipinski definition) is 2. The molecule has 0 radical (unpaired) electrons. The molecule has 2 aliphatic heterocycles. The molecule has 2 heteroatoms. The van der Waals surface area contributed by atoms with Crippen LogP contribution < -0.4 is 0 Å². The van der Waals surface area contributed by atoms with Gasteiger partial charge in [-0.1, -0.05) is 42.5 Å². The van der Waals surface area contributed by atoms with E-state index in [2.05, 4.69) is 54.4 Å². The van der Waals surface area contributed by atoms with Gasteiger partial charge in [-0.15, -0.1) is 0 Å². The first kappa shape index (κ1) is 13.8. The summed E-state index contributed by atoms with van der Waals surface area (Å²) in [5, 5.41) is 11.4. The first-order valence-electron chi connectivity index (χ1n) is 8.80. The summed E-state index contributed by atoms with van der Waals surface area (Å²) in [6, 6.07) is 16.4. The topological polar surface area (TPSA) is 23.5 Å². The summed E-state index contributed by atoms with van der Waals surface area (Å²) < 4.78 is 0. The molecule has 5 rings (SSSR count). The molecule has 3 aliphatic rings. The normalized spacial score (nSPS) is 31.9. The minimum Gasteiger partial charge on any atom is -0.385 e. The molecule has 0 spiro atoms. The van der Waals surface area contributed by atoms with Gasteiger partial charge in [0.05, 0.1) is 5.60 Å². The van der Waals surface area contributed by atoms with Crippen LogP contribution in [0.3, 0.4) is 0 Å². The summed E-state index contributed by atoms with van der Waals surface area (Å²) in [7, 11) is 2.22. The number of hydrogen-bond donors (Lipinski definition) is 1. The molecule has 2 saturated heterocycles. The first-order valence-corrected chi connectivity index (χ1v) is 8.80. The Morgan fingerprint density at radius 1 is 0.957 bits per heavy atom. The third-order valence-electron chi connectivity index (χ3n) is 6.46. The molecule has 2 atom stereocenters. The van der Waals surface area contributed by atoms with Crippen LogP contribution in [0, 0.1) is 0 Å². The van der Waals surface area contributed by atoms with Gasteiger partial charge in [-0.2, -0.15) is 0 Å². The Bertz CT molecular complexity index is 767. The molecule has 2 aromatic rings. The van der Waals surface area contributed by atoms with E-state index < -0.39 is 5.60 Å². The van der Waals surface area contributed by atoms with Crippen molar-refractivity contribution in [3.8, 4) is 11.1 Å². The predicted molar refractivity (Wildman–Crippen MR) is 92.4 cm³/mol. The fraction of sp³-hybridized carbons (Fsp3) is 0.429. The van der Waals surface area contributed by atoms with Crippen LogP contribution in [0.15, 0.2) is 42.5 Å². The van der Waals surface area contributed by atoms with Gasteiger partial charge in [0.2, 0.25) is 0 Å². The van der Waals surface area contributed by atoms with Crippen LogP contribution in [0.4, 0.5) is 0 Å². The van der Waals surface area contributed by atoms with Gasteiger partial charge in [0.15, 0.2) is 0 Å². The van der Waals surface area contributed by atoms with Gasteiger partial charge in [-0.25, -0.2) is 0 Å². The summed E-state index contributed by atoms with van der Waals surface area (Å²) in [6.07, 6.45) is 5.24. The van der Waals surface area contributed by atoms with Crippen LogP contribution in [0.5, 0.6) is 0 Å². The lowest BCUT2D eigenvalue weighted by atomic mass is 9.80. The van der Waals surface area contributed by atoms with E-state index in [0.717, 1.165) is 24.8 Å². The van der Waals surface area contributed by atoms with Crippen molar-refractivity contribution in [2.24, 2.45) is 0 Å². The van der Waals surface area contributed by atoms with Crippen molar-refractivity contribution >= 4 is 0 Å². The molecular formula is C21H23NO. The third-order valence-corrected chi connectivity index (χ3v) is 6.46. The second-order valence-electron chi connectivity index (χ2n) is 7.70. The van der Waals surface area contributed by atoms with E-state index in [1.54, 1.807) is 0 Å². The van der Waals surface area contributed by atoms with Crippen LogP contribution in [0.25, 0.3) is 11.1 Å². The van der Waals surface area contributed by atoms with Crippen LogP contribution in [-0.2, 0) is 12.0 Å². The highest BCUT2D eigenvalue weighted by molar-refractivity contribution is 5.77. The highest BCUT2D eigenvalue weighted by atomic mass is 16.3. The number of nitrogens with zero attached hydrogens (tertiary/aromatic N) is 1. The summed E-state index contributed by atoms with van der Waals surface area (Å²) >= 11 is 0. The third kappa shape index (κ3) is 1.95. The fourth-order valence-corrected chi connectivity index (χ4v) is 5.12. The molecular weight excluding hydrogens is 282 g/mol. The maximum absolute atomic E-state index is 11.4. The van der Waals surface area contributed by atoms with Crippen molar-refractivity contribution in [1.29, 1.82) is 0 Å². The van der Waals surface area contributed by atoms with Crippen LogP contribution in [0.2, 0.25) is 0 Å². The largest absolute Gasteiger partial charge is 0.385 e. The first-order chi connectivity index (χ1) is 11.1. The van der Waals surface area contributed by atoms with E-state index >= 15 is 0 Å². The Labute approximate surface area is 137 Å².